The van der Waals surface area contributed by atoms with Gasteiger partial charge in [-0.15, -0.1) is 11.3 Å². The van der Waals surface area contributed by atoms with E-state index in [-0.39, 0.29) is 5.97 Å². The summed E-state index contributed by atoms with van der Waals surface area (Å²) in [6.07, 6.45) is 1.81. The van der Waals surface area contributed by atoms with E-state index < -0.39 is 5.60 Å². The monoisotopic (exact) mass is 362 g/mol. The highest BCUT2D eigenvalue weighted by Gasteiger charge is 2.32. The number of benzene rings is 1. The normalized spacial score (nSPS) is 11.4. The van der Waals surface area contributed by atoms with Crippen molar-refractivity contribution in [2.45, 2.75) is 53.3 Å². The van der Waals surface area contributed by atoms with Crippen molar-refractivity contribution in [2.75, 3.05) is 6.61 Å². The van der Waals surface area contributed by atoms with Crippen LogP contribution >= 0.6 is 11.3 Å². The molecule has 0 fully saturated rings. The van der Waals surface area contributed by atoms with Gasteiger partial charge in [-0.25, -0.2) is 9.78 Å². The van der Waals surface area contributed by atoms with Crippen LogP contribution in [-0.2, 0) is 22.6 Å². The fourth-order valence-corrected chi connectivity index (χ4v) is 3.14. The van der Waals surface area contributed by atoms with Gasteiger partial charge in [0.05, 0.1) is 6.61 Å². The number of carbonyl (C=O) groups excluding carboxylic acids is 1. The van der Waals surface area contributed by atoms with Crippen molar-refractivity contribution in [3.63, 3.8) is 0 Å². The van der Waals surface area contributed by atoms with Gasteiger partial charge in [0.1, 0.15) is 10.8 Å². The average Bonchev–Trinajstić information content (AvgIpc) is 3.04. The summed E-state index contributed by atoms with van der Waals surface area (Å²) in [6.45, 7) is 11.1. The maximum absolute atomic E-state index is 12.1. The van der Waals surface area contributed by atoms with E-state index in [1.165, 1.54) is 5.56 Å². The number of nitrogens with zero attached hydrogens (tertiary/aromatic N) is 1. The van der Waals surface area contributed by atoms with Gasteiger partial charge in [-0.1, -0.05) is 12.1 Å². The number of aryl methyl sites for hydroxylation is 2. The molecule has 0 atom stereocenters. The molecule has 136 valence electrons. The molecule has 25 heavy (non-hydrogen) atoms. The van der Waals surface area contributed by atoms with Crippen LogP contribution in [0.3, 0.4) is 0 Å². The largest absolute Gasteiger partial charge is 0.476 e. The summed E-state index contributed by atoms with van der Waals surface area (Å²) < 4.78 is 11.1. The average molecular weight is 362 g/mol. The molecular weight excluding hydrogens is 336 g/mol. The molecule has 2 rings (SSSR count). The molecule has 1 aromatic heterocycles. The van der Waals surface area contributed by atoms with E-state index in [2.05, 4.69) is 22.4 Å². The molecule has 1 heterocycles. The Morgan fingerprint density at radius 1 is 1.24 bits per heavy atom. The third-order valence-corrected chi connectivity index (χ3v) is 4.51. The highest BCUT2D eigenvalue weighted by Crippen LogP contribution is 2.29. The summed E-state index contributed by atoms with van der Waals surface area (Å²) in [4.78, 5) is 16.3. The second kappa shape index (κ2) is 8.45. The number of hydrogen-bond acceptors (Lipinski definition) is 6. The second-order valence-electron chi connectivity index (χ2n) is 6.42. The number of rotatable bonds is 8. The molecule has 0 saturated carbocycles. The van der Waals surface area contributed by atoms with Gasteiger partial charge in [0, 0.05) is 24.7 Å². The molecule has 0 unspecified atom stereocenters. The lowest BCUT2D eigenvalue weighted by Crippen LogP contribution is -2.40. The number of aromatic nitrogens is 1. The minimum Gasteiger partial charge on any atom is -0.476 e. The molecule has 0 aliphatic rings. The third kappa shape index (κ3) is 5.28. The van der Waals surface area contributed by atoms with Crippen LogP contribution < -0.4 is 10.1 Å². The zero-order valence-corrected chi connectivity index (χ0v) is 16.3. The first-order valence-corrected chi connectivity index (χ1v) is 9.27. The number of ether oxygens (including phenoxy) is 2. The number of carbonyl (C=O) groups is 1. The highest BCUT2D eigenvalue weighted by atomic mass is 32.1. The Bertz CT molecular complexity index is 688. The van der Waals surface area contributed by atoms with Crippen LogP contribution in [0.4, 0.5) is 0 Å². The van der Waals surface area contributed by atoms with Crippen LogP contribution in [0.2, 0.25) is 0 Å². The van der Waals surface area contributed by atoms with Gasteiger partial charge in [0.25, 0.3) is 0 Å². The Morgan fingerprint density at radius 3 is 2.48 bits per heavy atom. The molecule has 5 nitrogen and oxygen atoms in total. The molecule has 0 bridgehead atoms. The Balaban J connectivity index is 2.04. The molecule has 1 N–H and O–H groups in total. The van der Waals surface area contributed by atoms with E-state index in [1.54, 1.807) is 32.1 Å². The summed E-state index contributed by atoms with van der Waals surface area (Å²) in [5.74, 6) is 0.379. The van der Waals surface area contributed by atoms with Gasteiger partial charge in [0.15, 0.2) is 5.60 Å². The fraction of sp³-hybridized carbons (Fsp3) is 0.474. The highest BCUT2D eigenvalue weighted by molar-refractivity contribution is 7.09. The van der Waals surface area contributed by atoms with Gasteiger partial charge in [-0.3, -0.25) is 0 Å². The molecule has 1 aromatic carbocycles. The zero-order chi connectivity index (χ0) is 18.4. The topological polar surface area (TPSA) is 60.5 Å². The number of esters is 1. The van der Waals surface area contributed by atoms with Crippen LogP contribution in [0.15, 0.2) is 23.7 Å². The van der Waals surface area contributed by atoms with Crippen molar-refractivity contribution in [3.05, 3.63) is 45.4 Å². The molecular formula is C19H26N2O3S. The molecule has 2 aromatic rings. The number of hydrogen-bond donors (Lipinski definition) is 1. The van der Waals surface area contributed by atoms with E-state index in [9.17, 15) is 4.79 Å². The van der Waals surface area contributed by atoms with E-state index in [1.807, 2.05) is 25.4 Å². The lowest BCUT2D eigenvalue weighted by atomic mass is 10.0. The van der Waals surface area contributed by atoms with Crippen molar-refractivity contribution in [2.24, 2.45) is 0 Å². The van der Waals surface area contributed by atoms with Crippen molar-refractivity contribution in [3.8, 4) is 5.75 Å². The summed E-state index contributed by atoms with van der Waals surface area (Å²) in [7, 11) is 0. The fourth-order valence-electron chi connectivity index (χ4n) is 2.56. The maximum Gasteiger partial charge on any atom is 0.349 e. The van der Waals surface area contributed by atoms with Gasteiger partial charge in [-0.2, -0.15) is 0 Å². The summed E-state index contributed by atoms with van der Waals surface area (Å²) in [5.41, 5.74) is 2.16. The summed E-state index contributed by atoms with van der Waals surface area (Å²) in [6, 6.07) is 4.16. The molecule has 0 spiro atoms. The molecule has 0 aliphatic carbocycles. The molecule has 0 radical (unpaired) electrons. The third-order valence-electron chi connectivity index (χ3n) is 3.73. The van der Waals surface area contributed by atoms with E-state index in [0.29, 0.717) is 6.61 Å². The van der Waals surface area contributed by atoms with E-state index in [4.69, 9.17) is 9.47 Å². The van der Waals surface area contributed by atoms with Crippen molar-refractivity contribution in [1.82, 2.24) is 10.3 Å². The Labute approximate surface area is 153 Å². The standard InChI is InChI=1S/C19H26N2O3S/c1-6-23-18(22)19(4,5)24-17-13(2)9-15(10-14(17)3)11-20-12-16-21-7-8-25-16/h7-10,20H,6,11-12H2,1-5H3. The minimum absolute atomic E-state index is 0.341. The predicted octanol–water partition coefficient (Wildman–Crippen LogP) is 3.77. The number of thiazole rings is 1. The van der Waals surface area contributed by atoms with Crippen molar-refractivity contribution < 1.29 is 14.3 Å². The molecule has 0 saturated heterocycles. The zero-order valence-electron chi connectivity index (χ0n) is 15.5. The Kier molecular flexibility index (Phi) is 6.56. The van der Waals surface area contributed by atoms with Crippen molar-refractivity contribution in [1.29, 1.82) is 0 Å². The van der Waals surface area contributed by atoms with Gasteiger partial charge in [0.2, 0.25) is 0 Å². The predicted molar refractivity (Wildman–Crippen MR) is 99.9 cm³/mol. The van der Waals surface area contributed by atoms with Crippen LogP contribution in [0, 0.1) is 13.8 Å². The lowest BCUT2D eigenvalue weighted by molar-refractivity contribution is -0.158. The Hall–Kier alpha value is -1.92. The van der Waals surface area contributed by atoms with Crippen LogP contribution in [0.1, 0.15) is 42.5 Å². The maximum atomic E-state index is 12.1. The van der Waals surface area contributed by atoms with Gasteiger partial charge >= 0.3 is 5.97 Å². The van der Waals surface area contributed by atoms with Gasteiger partial charge in [-0.05, 0) is 51.3 Å². The summed E-state index contributed by atoms with van der Waals surface area (Å²) in [5, 5.41) is 6.44. The first kappa shape index (κ1) is 19.4. The second-order valence-corrected chi connectivity index (χ2v) is 7.40. The van der Waals surface area contributed by atoms with E-state index in [0.717, 1.165) is 35.0 Å². The van der Waals surface area contributed by atoms with Crippen LogP contribution in [0.5, 0.6) is 5.75 Å². The van der Waals surface area contributed by atoms with E-state index >= 15 is 0 Å². The van der Waals surface area contributed by atoms with Crippen LogP contribution in [0.25, 0.3) is 0 Å². The van der Waals surface area contributed by atoms with Crippen molar-refractivity contribution >= 4 is 17.3 Å². The Morgan fingerprint density at radius 2 is 1.92 bits per heavy atom. The lowest BCUT2D eigenvalue weighted by Gasteiger charge is -2.26. The molecule has 0 aliphatic heterocycles. The van der Waals surface area contributed by atoms with Gasteiger partial charge < -0.3 is 14.8 Å². The van der Waals surface area contributed by atoms with Crippen LogP contribution in [-0.4, -0.2) is 23.2 Å². The summed E-state index contributed by atoms with van der Waals surface area (Å²) >= 11 is 1.64. The first-order chi connectivity index (χ1) is 11.8. The molecule has 0 amide bonds. The smallest absolute Gasteiger partial charge is 0.349 e. The minimum atomic E-state index is -1.02. The number of nitrogens with one attached hydrogen (secondary N) is 1. The quantitative estimate of drug-likeness (QED) is 0.724. The molecule has 6 heteroatoms. The first-order valence-electron chi connectivity index (χ1n) is 8.39. The SMILES string of the molecule is CCOC(=O)C(C)(C)Oc1c(C)cc(CNCc2nccs2)cc1C.